The highest BCUT2D eigenvalue weighted by Crippen LogP contribution is 2.38. The second kappa shape index (κ2) is 5.17. The fourth-order valence-corrected chi connectivity index (χ4v) is 3.88. The maximum atomic E-state index is 13.2. The number of alkyl halides is 1. The molecule has 0 aliphatic carbocycles. The summed E-state index contributed by atoms with van der Waals surface area (Å²) in [6.45, 7) is 0.565. The zero-order chi connectivity index (χ0) is 13.6. The number of hydrogen-bond acceptors (Lipinski definition) is 7. The molecule has 3 rings (SSSR count). The van der Waals surface area contributed by atoms with Crippen LogP contribution in [0.1, 0.15) is 6.42 Å². The third kappa shape index (κ3) is 2.36. The number of aliphatic hydroxyl groups excluding tert-OH is 3. The third-order valence-electron chi connectivity index (χ3n) is 3.73. The molecule has 0 spiro atoms. The first-order chi connectivity index (χ1) is 9.10. The quantitative estimate of drug-likeness (QED) is 0.571. The smallest absolute Gasteiger partial charge is 0.162 e. The fraction of sp³-hybridized carbons (Fsp3) is 0.909. The van der Waals surface area contributed by atoms with Crippen LogP contribution in [0.5, 0.6) is 0 Å². The highest BCUT2D eigenvalue weighted by Gasteiger charge is 2.49. The molecule has 108 valence electrons. The second-order valence-electron chi connectivity index (χ2n) is 5.06. The molecular weight excluding hydrogens is 275 g/mol. The van der Waals surface area contributed by atoms with Gasteiger partial charge in [0.1, 0.15) is 36.0 Å². The van der Waals surface area contributed by atoms with Crippen molar-refractivity contribution in [2.24, 2.45) is 4.99 Å². The van der Waals surface area contributed by atoms with Gasteiger partial charge in [0, 0.05) is 6.54 Å². The van der Waals surface area contributed by atoms with Crippen molar-refractivity contribution in [1.82, 2.24) is 4.90 Å². The summed E-state index contributed by atoms with van der Waals surface area (Å²) in [6.07, 6.45) is -3.37. The average molecular weight is 292 g/mol. The first-order valence-corrected chi connectivity index (χ1v) is 7.24. The molecule has 0 aromatic rings. The molecule has 0 amide bonds. The monoisotopic (exact) mass is 292 g/mol. The van der Waals surface area contributed by atoms with E-state index >= 15 is 0 Å². The van der Waals surface area contributed by atoms with E-state index in [1.165, 1.54) is 11.8 Å². The molecule has 2 fully saturated rings. The van der Waals surface area contributed by atoms with Crippen LogP contribution >= 0.6 is 11.8 Å². The fourth-order valence-electron chi connectivity index (χ4n) is 2.61. The van der Waals surface area contributed by atoms with Crippen molar-refractivity contribution in [3.8, 4) is 0 Å². The summed E-state index contributed by atoms with van der Waals surface area (Å²) >= 11 is 1.32. The minimum atomic E-state index is -1.15. The predicted octanol–water partition coefficient (Wildman–Crippen LogP) is -1.06. The standard InChI is InChI=1S/C11H17FN2O4S/c12-5-1-2-14(3-5)11-13-7-9(17)8(16)6(4-15)18-10(7)19-11/h5-10,15-17H,1-4H2. The molecule has 0 bridgehead atoms. The van der Waals surface area contributed by atoms with Crippen molar-refractivity contribution in [2.75, 3.05) is 19.7 Å². The molecule has 0 aromatic heterocycles. The minimum Gasteiger partial charge on any atom is -0.394 e. The van der Waals surface area contributed by atoms with Gasteiger partial charge in [-0.2, -0.15) is 0 Å². The number of fused-ring (bicyclic) bond motifs is 1. The lowest BCUT2D eigenvalue weighted by Gasteiger charge is -2.37. The van der Waals surface area contributed by atoms with Crippen molar-refractivity contribution in [1.29, 1.82) is 0 Å². The van der Waals surface area contributed by atoms with Crippen LogP contribution in [0.3, 0.4) is 0 Å². The van der Waals surface area contributed by atoms with E-state index in [1.807, 2.05) is 4.90 Å². The van der Waals surface area contributed by atoms with Gasteiger partial charge in [-0.1, -0.05) is 11.8 Å². The summed E-state index contributed by atoms with van der Waals surface area (Å²) < 4.78 is 18.7. The Kier molecular flexibility index (Phi) is 3.69. The van der Waals surface area contributed by atoms with Gasteiger partial charge < -0.3 is 25.0 Å². The highest BCUT2D eigenvalue weighted by atomic mass is 32.2. The number of rotatable bonds is 1. The van der Waals surface area contributed by atoms with E-state index in [1.54, 1.807) is 0 Å². The predicted molar refractivity (Wildman–Crippen MR) is 67.7 cm³/mol. The summed E-state index contributed by atoms with van der Waals surface area (Å²) in [5, 5.41) is 29.6. The maximum absolute atomic E-state index is 13.2. The molecule has 3 heterocycles. The number of ether oxygens (including phenoxy) is 1. The Morgan fingerprint density at radius 1 is 1.42 bits per heavy atom. The van der Waals surface area contributed by atoms with Gasteiger partial charge in [0.05, 0.1) is 13.2 Å². The Hall–Kier alpha value is -0.410. The van der Waals surface area contributed by atoms with Gasteiger partial charge in [0.25, 0.3) is 0 Å². The van der Waals surface area contributed by atoms with E-state index in [9.17, 15) is 14.6 Å². The first-order valence-electron chi connectivity index (χ1n) is 6.36. The Morgan fingerprint density at radius 2 is 2.21 bits per heavy atom. The molecule has 3 aliphatic rings. The summed E-state index contributed by atoms with van der Waals surface area (Å²) in [5.74, 6) is 0. The molecule has 0 saturated carbocycles. The zero-order valence-electron chi connectivity index (χ0n) is 10.2. The molecule has 8 heteroatoms. The van der Waals surface area contributed by atoms with E-state index in [0.29, 0.717) is 24.7 Å². The lowest BCUT2D eigenvalue weighted by molar-refractivity contribution is -0.164. The maximum Gasteiger partial charge on any atom is 0.162 e. The van der Waals surface area contributed by atoms with Crippen molar-refractivity contribution < 1.29 is 24.4 Å². The Bertz CT molecular complexity index is 386. The number of halogens is 1. The van der Waals surface area contributed by atoms with E-state index in [2.05, 4.69) is 4.99 Å². The van der Waals surface area contributed by atoms with Crippen LogP contribution in [-0.2, 0) is 4.74 Å². The number of aliphatic hydroxyl groups is 3. The SMILES string of the molecule is OCC1OC2SC(N3CCC(F)C3)=NC2C(O)C1O. The molecule has 0 aromatic carbocycles. The molecule has 0 radical (unpaired) electrons. The van der Waals surface area contributed by atoms with Gasteiger partial charge in [0.2, 0.25) is 0 Å². The Labute approximate surface area is 114 Å². The highest BCUT2D eigenvalue weighted by molar-refractivity contribution is 8.14. The number of amidine groups is 1. The molecule has 6 nitrogen and oxygen atoms in total. The van der Waals surface area contributed by atoms with Crippen molar-refractivity contribution in [3.63, 3.8) is 0 Å². The Balaban J connectivity index is 1.72. The van der Waals surface area contributed by atoms with Crippen LogP contribution in [0, 0.1) is 0 Å². The average Bonchev–Trinajstić information content (AvgIpc) is 2.99. The lowest BCUT2D eigenvalue weighted by Crippen LogP contribution is -2.55. The van der Waals surface area contributed by atoms with E-state index in [-0.39, 0.29) is 6.61 Å². The van der Waals surface area contributed by atoms with Gasteiger partial charge in [-0.3, -0.25) is 4.99 Å². The van der Waals surface area contributed by atoms with Crippen LogP contribution in [0.2, 0.25) is 0 Å². The van der Waals surface area contributed by atoms with Crippen LogP contribution in [0.25, 0.3) is 0 Å². The van der Waals surface area contributed by atoms with Crippen LogP contribution in [-0.4, -0.2) is 81.0 Å². The lowest BCUT2D eigenvalue weighted by atomic mass is 9.99. The number of aliphatic imine (C=N–C) groups is 1. The van der Waals surface area contributed by atoms with E-state index in [4.69, 9.17) is 9.84 Å². The summed E-state index contributed by atoms with van der Waals surface area (Å²) in [6, 6.07) is -0.559. The van der Waals surface area contributed by atoms with Crippen molar-refractivity contribution >= 4 is 16.9 Å². The molecule has 3 aliphatic heterocycles. The van der Waals surface area contributed by atoms with Gasteiger partial charge in [0.15, 0.2) is 5.17 Å². The zero-order valence-corrected chi connectivity index (χ0v) is 11.0. The Morgan fingerprint density at radius 3 is 2.84 bits per heavy atom. The van der Waals surface area contributed by atoms with Gasteiger partial charge in [-0.05, 0) is 6.42 Å². The number of likely N-dealkylation sites (tertiary alicyclic amines) is 1. The third-order valence-corrected chi connectivity index (χ3v) is 4.93. The largest absolute Gasteiger partial charge is 0.394 e. The summed E-state index contributed by atoms with van der Waals surface area (Å²) in [4.78, 5) is 6.19. The van der Waals surface area contributed by atoms with Crippen molar-refractivity contribution in [3.05, 3.63) is 0 Å². The molecule has 2 saturated heterocycles. The van der Waals surface area contributed by atoms with E-state index < -0.39 is 36.0 Å². The molecule has 19 heavy (non-hydrogen) atoms. The molecule has 6 atom stereocenters. The second-order valence-corrected chi connectivity index (χ2v) is 6.12. The van der Waals surface area contributed by atoms with Crippen LogP contribution < -0.4 is 0 Å². The topological polar surface area (TPSA) is 85.5 Å². The molecule has 6 unspecified atom stereocenters. The summed E-state index contributed by atoms with van der Waals surface area (Å²) in [7, 11) is 0. The van der Waals surface area contributed by atoms with E-state index in [0.717, 1.165) is 0 Å². The number of nitrogens with zero attached hydrogens (tertiary/aromatic N) is 2. The van der Waals surface area contributed by atoms with Gasteiger partial charge in [-0.15, -0.1) is 0 Å². The number of hydrogen-bond donors (Lipinski definition) is 3. The summed E-state index contributed by atoms with van der Waals surface area (Å²) in [5.41, 5.74) is -0.427. The van der Waals surface area contributed by atoms with Gasteiger partial charge >= 0.3 is 0 Å². The van der Waals surface area contributed by atoms with Crippen LogP contribution in [0.15, 0.2) is 4.99 Å². The van der Waals surface area contributed by atoms with Crippen molar-refractivity contribution in [2.45, 2.75) is 42.4 Å². The number of thioether (sulfide) groups is 1. The van der Waals surface area contributed by atoms with Crippen LogP contribution in [0.4, 0.5) is 4.39 Å². The molecule has 3 N–H and O–H groups in total. The normalized spacial score (nSPS) is 46.3. The van der Waals surface area contributed by atoms with Gasteiger partial charge in [-0.25, -0.2) is 4.39 Å². The molecular formula is C11H17FN2O4S. The first kappa shape index (κ1) is 13.6. The minimum absolute atomic E-state index is 0.313.